The Labute approximate surface area is 138 Å². The molecule has 1 saturated carbocycles. The van der Waals surface area contributed by atoms with Crippen LogP contribution < -0.4 is 4.90 Å². The van der Waals surface area contributed by atoms with Gasteiger partial charge in [0.1, 0.15) is 0 Å². The largest absolute Gasteiger partial charge is 0.339 e. The summed E-state index contributed by atoms with van der Waals surface area (Å²) >= 11 is 0. The highest BCUT2D eigenvalue weighted by atomic mass is 16.2. The van der Waals surface area contributed by atoms with E-state index in [1.807, 2.05) is 11.0 Å². The molecule has 1 aliphatic carbocycles. The molecule has 2 atom stereocenters. The van der Waals surface area contributed by atoms with Crippen molar-refractivity contribution in [3.05, 3.63) is 30.1 Å². The number of hydrogen-bond donors (Lipinski definition) is 0. The Hall–Kier alpha value is -1.91. The van der Waals surface area contributed by atoms with E-state index in [1.54, 1.807) is 12.4 Å². The predicted octanol–water partition coefficient (Wildman–Crippen LogP) is 2.36. The van der Waals surface area contributed by atoms with Crippen molar-refractivity contribution in [2.24, 2.45) is 17.3 Å². The van der Waals surface area contributed by atoms with Gasteiger partial charge in [0.05, 0.1) is 5.92 Å². The first-order valence-corrected chi connectivity index (χ1v) is 8.37. The molecule has 1 aromatic heterocycles. The normalized spacial score (nSPS) is 25.9. The third kappa shape index (κ3) is 3.09. The Morgan fingerprint density at radius 1 is 1.17 bits per heavy atom. The Bertz CT molecular complexity index is 599. The second-order valence-corrected chi connectivity index (χ2v) is 7.43. The summed E-state index contributed by atoms with van der Waals surface area (Å²) in [6.07, 6.45) is 5.78. The summed E-state index contributed by atoms with van der Waals surface area (Å²) in [6, 6.07) is 1.82. The number of amides is 1. The molecule has 2 aliphatic rings. The van der Waals surface area contributed by atoms with E-state index in [4.69, 9.17) is 0 Å². The minimum absolute atomic E-state index is 0.0913. The third-order valence-corrected chi connectivity index (χ3v) is 5.12. The Morgan fingerprint density at radius 2 is 1.78 bits per heavy atom. The summed E-state index contributed by atoms with van der Waals surface area (Å²) in [6.45, 7) is 11.7. The first kappa shape index (κ1) is 16.0. The van der Waals surface area contributed by atoms with Gasteiger partial charge in [0.15, 0.2) is 0 Å². The minimum Gasteiger partial charge on any atom is -0.339 e. The van der Waals surface area contributed by atoms with Crippen molar-refractivity contribution in [2.75, 3.05) is 31.1 Å². The van der Waals surface area contributed by atoms with Gasteiger partial charge in [-0.05, 0) is 31.2 Å². The van der Waals surface area contributed by atoms with Gasteiger partial charge in [0, 0.05) is 38.6 Å². The van der Waals surface area contributed by atoms with Gasteiger partial charge in [-0.3, -0.25) is 4.79 Å². The van der Waals surface area contributed by atoms with E-state index >= 15 is 0 Å². The van der Waals surface area contributed by atoms with Crippen LogP contribution in [0.15, 0.2) is 30.1 Å². The maximum atomic E-state index is 12.9. The molecule has 0 spiro atoms. The maximum Gasteiger partial charge on any atom is 0.226 e. The van der Waals surface area contributed by atoms with Gasteiger partial charge in [-0.15, -0.1) is 0 Å². The van der Waals surface area contributed by atoms with Gasteiger partial charge in [0.25, 0.3) is 0 Å². The van der Waals surface area contributed by atoms with Crippen molar-refractivity contribution >= 4 is 11.9 Å². The number of rotatable bonds is 3. The van der Waals surface area contributed by atoms with Crippen LogP contribution >= 0.6 is 0 Å². The Morgan fingerprint density at radius 3 is 2.35 bits per heavy atom. The van der Waals surface area contributed by atoms with Gasteiger partial charge in [-0.25, -0.2) is 9.97 Å². The van der Waals surface area contributed by atoms with E-state index in [0.717, 1.165) is 32.1 Å². The molecule has 0 bridgehead atoms. The highest BCUT2D eigenvalue weighted by Gasteiger charge is 2.61. The molecule has 5 heteroatoms. The maximum absolute atomic E-state index is 12.9. The highest BCUT2D eigenvalue weighted by Crippen LogP contribution is 2.60. The van der Waals surface area contributed by atoms with Crippen LogP contribution in [0, 0.1) is 17.3 Å². The SMILES string of the molecule is CC(C)=C[C@@H]1[C@@H](C(=O)N2CCN(c3ncccn3)CC2)C1(C)C. The van der Waals surface area contributed by atoms with Crippen LogP contribution in [0.3, 0.4) is 0 Å². The van der Waals surface area contributed by atoms with E-state index < -0.39 is 0 Å². The van der Waals surface area contributed by atoms with Crippen LogP contribution in [0.25, 0.3) is 0 Å². The quantitative estimate of drug-likeness (QED) is 0.804. The number of anilines is 1. The van der Waals surface area contributed by atoms with Crippen LogP contribution in [-0.4, -0.2) is 47.0 Å². The topological polar surface area (TPSA) is 49.3 Å². The first-order valence-electron chi connectivity index (χ1n) is 8.37. The van der Waals surface area contributed by atoms with Crippen molar-refractivity contribution in [1.82, 2.24) is 14.9 Å². The lowest BCUT2D eigenvalue weighted by Crippen LogP contribution is -2.50. The summed E-state index contributed by atoms with van der Waals surface area (Å²) < 4.78 is 0. The first-order chi connectivity index (χ1) is 10.9. The average Bonchev–Trinajstić information content (AvgIpc) is 3.07. The van der Waals surface area contributed by atoms with Gasteiger partial charge >= 0.3 is 0 Å². The molecule has 1 saturated heterocycles. The minimum atomic E-state index is 0.0913. The fourth-order valence-electron chi connectivity index (χ4n) is 3.60. The van der Waals surface area contributed by atoms with E-state index in [1.165, 1.54) is 5.57 Å². The number of carbonyl (C=O) groups is 1. The van der Waals surface area contributed by atoms with E-state index in [2.05, 4.69) is 48.6 Å². The van der Waals surface area contributed by atoms with Crippen molar-refractivity contribution in [3.8, 4) is 0 Å². The van der Waals surface area contributed by atoms with Crippen LogP contribution in [-0.2, 0) is 4.79 Å². The number of aromatic nitrogens is 2. The lowest BCUT2D eigenvalue weighted by atomic mass is 10.1. The zero-order valence-corrected chi connectivity index (χ0v) is 14.5. The van der Waals surface area contributed by atoms with E-state index in [0.29, 0.717) is 11.8 Å². The fourth-order valence-corrected chi connectivity index (χ4v) is 3.60. The Kier molecular flexibility index (Phi) is 4.13. The van der Waals surface area contributed by atoms with Crippen LogP contribution in [0.1, 0.15) is 27.7 Å². The molecule has 1 aromatic rings. The molecular weight excluding hydrogens is 288 g/mol. The number of piperazine rings is 1. The zero-order chi connectivity index (χ0) is 16.6. The molecule has 0 unspecified atom stereocenters. The number of nitrogens with zero attached hydrogens (tertiary/aromatic N) is 4. The Balaban J connectivity index is 1.60. The molecule has 1 aliphatic heterocycles. The molecule has 3 rings (SSSR count). The molecule has 0 N–H and O–H groups in total. The molecule has 0 aromatic carbocycles. The smallest absolute Gasteiger partial charge is 0.226 e. The van der Waals surface area contributed by atoms with Crippen molar-refractivity contribution in [2.45, 2.75) is 27.7 Å². The molecule has 2 heterocycles. The number of hydrogen-bond acceptors (Lipinski definition) is 4. The number of carbonyl (C=O) groups excluding carboxylic acids is 1. The molecule has 0 radical (unpaired) electrons. The standard InChI is InChI=1S/C18H26N4O/c1-13(2)12-14-15(18(14,3)4)16(23)21-8-10-22(11-9-21)17-19-6-5-7-20-17/h5-7,12,14-15H,8-11H2,1-4H3/t14-,15+/m1/s1. The second-order valence-electron chi connectivity index (χ2n) is 7.43. The third-order valence-electron chi connectivity index (χ3n) is 5.12. The van der Waals surface area contributed by atoms with Crippen molar-refractivity contribution < 1.29 is 4.79 Å². The molecule has 124 valence electrons. The molecular formula is C18H26N4O. The summed E-state index contributed by atoms with van der Waals surface area (Å²) in [4.78, 5) is 25.6. The second kappa shape index (κ2) is 5.95. The monoisotopic (exact) mass is 314 g/mol. The van der Waals surface area contributed by atoms with E-state index in [9.17, 15) is 4.79 Å². The summed E-state index contributed by atoms with van der Waals surface area (Å²) in [5.41, 5.74) is 1.39. The lowest BCUT2D eigenvalue weighted by Gasteiger charge is -2.35. The van der Waals surface area contributed by atoms with Crippen molar-refractivity contribution in [1.29, 1.82) is 0 Å². The predicted molar refractivity (Wildman–Crippen MR) is 91.0 cm³/mol. The van der Waals surface area contributed by atoms with Gasteiger partial charge in [0.2, 0.25) is 11.9 Å². The average molecular weight is 314 g/mol. The fraction of sp³-hybridized carbons (Fsp3) is 0.611. The van der Waals surface area contributed by atoms with Gasteiger partial charge in [-0.2, -0.15) is 0 Å². The summed E-state index contributed by atoms with van der Waals surface area (Å²) in [7, 11) is 0. The van der Waals surface area contributed by atoms with Crippen LogP contribution in [0.5, 0.6) is 0 Å². The van der Waals surface area contributed by atoms with Crippen LogP contribution in [0.2, 0.25) is 0 Å². The van der Waals surface area contributed by atoms with Crippen molar-refractivity contribution in [3.63, 3.8) is 0 Å². The lowest BCUT2D eigenvalue weighted by molar-refractivity contribution is -0.133. The molecule has 2 fully saturated rings. The van der Waals surface area contributed by atoms with E-state index in [-0.39, 0.29) is 11.3 Å². The zero-order valence-electron chi connectivity index (χ0n) is 14.5. The molecule has 5 nitrogen and oxygen atoms in total. The highest BCUT2D eigenvalue weighted by molar-refractivity contribution is 5.84. The number of allylic oxidation sites excluding steroid dienone is 2. The molecule has 1 amide bonds. The van der Waals surface area contributed by atoms with Gasteiger partial charge < -0.3 is 9.80 Å². The van der Waals surface area contributed by atoms with Crippen LogP contribution in [0.4, 0.5) is 5.95 Å². The molecule has 23 heavy (non-hydrogen) atoms. The summed E-state index contributed by atoms with van der Waals surface area (Å²) in [5.74, 6) is 1.59. The summed E-state index contributed by atoms with van der Waals surface area (Å²) in [5, 5.41) is 0. The van der Waals surface area contributed by atoms with Gasteiger partial charge in [-0.1, -0.05) is 25.5 Å².